The molecular formula is C30H35ClN2O2. The van der Waals surface area contributed by atoms with Gasteiger partial charge in [-0.2, -0.15) is 0 Å². The predicted octanol–water partition coefficient (Wildman–Crippen LogP) is 6.58. The molecule has 4 nitrogen and oxygen atoms in total. The second kappa shape index (κ2) is 13.1. The van der Waals surface area contributed by atoms with Crippen LogP contribution >= 0.6 is 11.6 Å². The average Bonchev–Trinajstić information content (AvgIpc) is 2.89. The van der Waals surface area contributed by atoms with E-state index in [4.69, 9.17) is 11.6 Å². The number of hydrogen-bond acceptors (Lipinski definition) is 2. The van der Waals surface area contributed by atoms with Gasteiger partial charge in [0.15, 0.2) is 0 Å². The number of benzene rings is 3. The first kappa shape index (κ1) is 26.5. The molecular weight excluding hydrogens is 456 g/mol. The van der Waals surface area contributed by atoms with Crippen LogP contribution in [0.15, 0.2) is 84.9 Å². The fourth-order valence-corrected chi connectivity index (χ4v) is 4.46. The largest absolute Gasteiger partial charge is 0.352 e. The van der Waals surface area contributed by atoms with Crippen molar-refractivity contribution in [3.05, 3.63) is 107 Å². The second-order valence-corrected chi connectivity index (χ2v) is 9.34. The van der Waals surface area contributed by atoms with Crippen molar-refractivity contribution in [1.29, 1.82) is 0 Å². The lowest BCUT2D eigenvalue weighted by molar-refractivity contribution is -0.141. The van der Waals surface area contributed by atoms with Crippen LogP contribution in [0.1, 0.15) is 62.6 Å². The summed E-state index contributed by atoms with van der Waals surface area (Å²) < 4.78 is 0. The minimum absolute atomic E-state index is 0.0372. The Kier molecular flexibility index (Phi) is 9.92. The number of nitrogens with one attached hydrogen (secondary N) is 1. The van der Waals surface area contributed by atoms with E-state index in [0.29, 0.717) is 11.4 Å². The number of amides is 2. The lowest BCUT2D eigenvalue weighted by Gasteiger charge is -2.33. The molecule has 0 heterocycles. The van der Waals surface area contributed by atoms with Crippen LogP contribution in [-0.2, 0) is 16.1 Å². The van der Waals surface area contributed by atoms with Crippen LogP contribution in [0.25, 0.3) is 0 Å². The Labute approximate surface area is 214 Å². The van der Waals surface area contributed by atoms with Crippen molar-refractivity contribution in [1.82, 2.24) is 10.2 Å². The molecule has 0 aliphatic rings. The summed E-state index contributed by atoms with van der Waals surface area (Å²) in [6, 6.07) is 27.1. The summed E-state index contributed by atoms with van der Waals surface area (Å²) in [4.78, 5) is 28.9. The molecule has 35 heavy (non-hydrogen) atoms. The van der Waals surface area contributed by atoms with Crippen LogP contribution in [0.4, 0.5) is 0 Å². The Morgan fingerprint density at radius 3 is 1.89 bits per heavy atom. The molecule has 1 N–H and O–H groups in total. The maximum Gasteiger partial charge on any atom is 0.243 e. The highest BCUT2D eigenvalue weighted by atomic mass is 35.5. The van der Waals surface area contributed by atoms with Crippen molar-refractivity contribution in [2.75, 3.05) is 0 Å². The molecule has 0 fully saturated rings. The van der Waals surface area contributed by atoms with Gasteiger partial charge in [-0.25, -0.2) is 0 Å². The van der Waals surface area contributed by atoms with Gasteiger partial charge >= 0.3 is 0 Å². The molecule has 2 amide bonds. The predicted molar refractivity (Wildman–Crippen MR) is 143 cm³/mol. The first-order chi connectivity index (χ1) is 16.9. The van der Waals surface area contributed by atoms with Crippen molar-refractivity contribution in [3.8, 4) is 0 Å². The third-order valence-electron chi connectivity index (χ3n) is 6.47. The van der Waals surface area contributed by atoms with Gasteiger partial charge in [-0.05, 0) is 42.5 Å². The highest BCUT2D eigenvalue weighted by Crippen LogP contribution is 2.30. The van der Waals surface area contributed by atoms with Crippen LogP contribution < -0.4 is 5.32 Å². The zero-order chi connectivity index (χ0) is 25.2. The summed E-state index contributed by atoms with van der Waals surface area (Å²) >= 11 is 6.47. The van der Waals surface area contributed by atoms with Crippen LogP contribution in [0, 0.1) is 0 Å². The molecule has 3 aromatic rings. The van der Waals surface area contributed by atoms with Crippen molar-refractivity contribution < 1.29 is 9.59 Å². The molecule has 2 atom stereocenters. The molecule has 0 radical (unpaired) electrons. The summed E-state index contributed by atoms with van der Waals surface area (Å²) in [5, 5.41) is 3.66. The zero-order valence-corrected chi connectivity index (χ0v) is 21.5. The van der Waals surface area contributed by atoms with Gasteiger partial charge in [0.1, 0.15) is 6.04 Å². The molecule has 3 aromatic carbocycles. The van der Waals surface area contributed by atoms with Crippen molar-refractivity contribution in [2.24, 2.45) is 0 Å². The Hall–Kier alpha value is -3.11. The molecule has 0 aliphatic carbocycles. The standard InChI is InChI=1S/C30H35ClN2O2/c1-4-22(3)32-30(35)28(5-2)33(21-25-18-12-13-19-27(25)31)29(34)20-26(23-14-8-6-9-15-23)24-16-10-7-11-17-24/h6-19,22,26,28H,4-5,20-21H2,1-3H3,(H,32,35)/t22-,28+/m1/s1. The summed E-state index contributed by atoms with van der Waals surface area (Å²) in [5.74, 6) is -0.319. The van der Waals surface area contributed by atoms with E-state index in [9.17, 15) is 9.59 Å². The van der Waals surface area contributed by atoms with Crippen molar-refractivity contribution >= 4 is 23.4 Å². The summed E-state index contributed by atoms with van der Waals surface area (Å²) in [7, 11) is 0. The van der Waals surface area contributed by atoms with E-state index >= 15 is 0 Å². The number of hydrogen-bond donors (Lipinski definition) is 1. The van der Waals surface area contributed by atoms with Gasteiger partial charge in [0.2, 0.25) is 11.8 Å². The molecule has 0 aliphatic heterocycles. The van der Waals surface area contributed by atoms with E-state index in [0.717, 1.165) is 23.1 Å². The fraction of sp³-hybridized carbons (Fsp3) is 0.333. The molecule has 0 bridgehead atoms. The number of halogens is 1. The second-order valence-electron chi connectivity index (χ2n) is 8.93. The monoisotopic (exact) mass is 490 g/mol. The van der Waals surface area contributed by atoms with Crippen LogP contribution in [0.5, 0.6) is 0 Å². The third kappa shape index (κ3) is 7.19. The SMILES string of the molecule is CC[C@@H](C)NC(=O)[C@H](CC)N(Cc1ccccc1Cl)C(=O)CC(c1ccccc1)c1ccccc1. The Balaban J connectivity index is 1.96. The lowest BCUT2D eigenvalue weighted by Crippen LogP contribution is -2.51. The van der Waals surface area contributed by atoms with E-state index < -0.39 is 6.04 Å². The average molecular weight is 491 g/mol. The van der Waals surface area contributed by atoms with Crippen LogP contribution in [-0.4, -0.2) is 28.8 Å². The maximum absolute atomic E-state index is 14.0. The summed E-state index contributed by atoms with van der Waals surface area (Å²) in [6.45, 7) is 6.23. The van der Waals surface area contributed by atoms with Gasteiger partial charge in [-0.1, -0.05) is 104 Å². The topological polar surface area (TPSA) is 49.4 Å². The minimum atomic E-state index is -0.583. The van der Waals surface area contributed by atoms with E-state index in [1.165, 1.54) is 0 Å². The molecule has 0 saturated carbocycles. The van der Waals surface area contributed by atoms with Gasteiger partial charge in [0, 0.05) is 29.9 Å². The van der Waals surface area contributed by atoms with Gasteiger partial charge in [0.05, 0.1) is 0 Å². The Morgan fingerprint density at radius 2 is 1.37 bits per heavy atom. The number of nitrogens with zero attached hydrogens (tertiary/aromatic N) is 1. The normalized spacial score (nSPS) is 12.7. The molecule has 184 valence electrons. The minimum Gasteiger partial charge on any atom is -0.352 e. The van der Waals surface area contributed by atoms with Crippen LogP contribution in [0.2, 0.25) is 5.02 Å². The molecule has 0 aromatic heterocycles. The Morgan fingerprint density at radius 1 is 0.829 bits per heavy atom. The highest BCUT2D eigenvalue weighted by molar-refractivity contribution is 6.31. The zero-order valence-electron chi connectivity index (χ0n) is 20.8. The van der Waals surface area contributed by atoms with Crippen LogP contribution in [0.3, 0.4) is 0 Å². The third-order valence-corrected chi connectivity index (χ3v) is 6.84. The highest BCUT2D eigenvalue weighted by Gasteiger charge is 2.31. The van der Waals surface area contributed by atoms with E-state index in [1.54, 1.807) is 4.90 Å². The number of rotatable bonds is 11. The van der Waals surface area contributed by atoms with E-state index in [1.807, 2.05) is 81.4 Å². The first-order valence-corrected chi connectivity index (χ1v) is 12.8. The molecule has 0 saturated heterocycles. The maximum atomic E-state index is 14.0. The lowest BCUT2D eigenvalue weighted by atomic mass is 9.88. The number of carbonyl (C=O) groups excluding carboxylic acids is 2. The molecule has 3 rings (SSSR count). The number of carbonyl (C=O) groups is 2. The molecule has 0 unspecified atom stereocenters. The smallest absolute Gasteiger partial charge is 0.243 e. The molecule has 0 spiro atoms. The summed E-state index contributed by atoms with van der Waals surface area (Å²) in [6.07, 6.45) is 1.59. The van der Waals surface area contributed by atoms with Crippen molar-refractivity contribution in [3.63, 3.8) is 0 Å². The van der Waals surface area contributed by atoms with Gasteiger partial charge < -0.3 is 10.2 Å². The van der Waals surface area contributed by atoms with E-state index in [-0.39, 0.29) is 36.7 Å². The molecule has 5 heteroatoms. The van der Waals surface area contributed by atoms with E-state index in [2.05, 4.69) is 29.6 Å². The quantitative estimate of drug-likeness (QED) is 0.330. The van der Waals surface area contributed by atoms with Gasteiger partial charge in [-0.3, -0.25) is 9.59 Å². The van der Waals surface area contributed by atoms with Gasteiger partial charge in [-0.15, -0.1) is 0 Å². The summed E-state index contributed by atoms with van der Waals surface area (Å²) in [5.41, 5.74) is 2.97. The fourth-order valence-electron chi connectivity index (χ4n) is 4.26. The van der Waals surface area contributed by atoms with Gasteiger partial charge in [0.25, 0.3) is 0 Å². The Bertz CT molecular complexity index is 1050. The van der Waals surface area contributed by atoms with Crippen molar-refractivity contribution in [2.45, 2.75) is 64.6 Å². The first-order valence-electron chi connectivity index (χ1n) is 12.4.